The highest BCUT2D eigenvalue weighted by molar-refractivity contribution is 7.14. The molecule has 0 bridgehead atoms. The molecule has 0 radical (unpaired) electrons. The van der Waals surface area contributed by atoms with E-state index in [9.17, 15) is 9.59 Å². The van der Waals surface area contributed by atoms with Gasteiger partial charge in [-0.1, -0.05) is 6.92 Å². The highest BCUT2D eigenvalue weighted by atomic mass is 32.1. The van der Waals surface area contributed by atoms with Crippen LogP contribution in [0.2, 0.25) is 0 Å². The Balaban J connectivity index is 1.87. The molecule has 7 heteroatoms. The Labute approximate surface area is 130 Å². The van der Waals surface area contributed by atoms with Crippen LogP contribution in [-0.2, 0) is 12.8 Å². The summed E-state index contributed by atoms with van der Waals surface area (Å²) in [6, 6.07) is 1.91. The lowest BCUT2D eigenvalue weighted by Gasteiger charge is -2.01. The molecule has 2 aromatic heterocycles. The van der Waals surface area contributed by atoms with Crippen LogP contribution in [-0.4, -0.2) is 28.5 Å². The fourth-order valence-electron chi connectivity index (χ4n) is 1.88. The highest BCUT2D eigenvalue weighted by Gasteiger charge is 2.12. The summed E-state index contributed by atoms with van der Waals surface area (Å²) in [5.74, 6) is -1.11. The average molecular weight is 324 g/mol. The van der Waals surface area contributed by atoms with Crippen molar-refractivity contribution in [2.45, 2.75) is 26.7 Å². The van der Waals surface area contributed by atoms with E-state index >= 15 is 0 Å². The summed E-state index contributed by atoms with van der Waals surface area (Å²) < 4.78 is 0. The van der Waals surface area contributed by atoms with Crippen LogP contribution in [0.25, 0.3) is 0 Å². The number of thiophene rings is 1. The number of carbonyl (C=O) groups is 2. The van der Waals surface area contributed by atoms with Gasteiger partial charge >= 0.3 is 5.97 Å². The minimum Gasteiger partial charge on any atom is -0.476 e. The molecule has 112 valence electrons. The molecule has 0 saturated heterocycles. The zero-order valence-electron chi connectivity index (χ0n) is 11.8. The van der Waals surface area contributed by atoms with Crippen LogP contribution in [0.1, 0.15) is 42.5 Å². The summed E-state index contributed by atoms with van der Waals surface area (Å²) in [5.41, 5.74) is 1.21. The van der Waals surface area contributed by atoms with Gasteiger partial charge in [0.2, 0.25) is 0 Å². The Morgan fingerprint density at radius 2 is 2.19 bits per heavy atom. The van der Waals surface area contributed by atoms with Crippen LogP contribution in [0.5, 0.6) is 0 Å². The molecule has 2 rings (SSSR count). The number of nitrogens with one attached hydrogen (secondary N) is 1. The fraction of sp³-hybridized carbons (Fsp3) is 0.357. The predicted molar refractivity (Wildman–Crippen MR) is 83.5 cm³/mol. The monoisotopic (exact) mass is 324 g/mol. The number of thiazole rings is 1. The first-order chi connectivity index (χ1) is 10.0. The third kappa shape index (κ3) is 3.89. The molecular weight excluding hydrogens is 308 g/mol. The Kier molecular flexibility index (Phi) is 5.08. The van der Waals surface area contributed by atoms with Gasteiger partial charge in [-0.2, -0.15) is 0 Å². The summed E-state index contributed by atoms with van der Waals surface area (Å²) in [6.07, 6.45) is 1.47. The summed E-state index contributed by atoms with van der Waals surface area (Å²) in [6.45, 7) is 4.53. The Morgan fingerprint density at radius 3 is 2.76 bits per heavy atom. The largest absolute Gasteiger partial charge is 0.476 e. The van der Waals surface area contributed by atoms with Crippen molar-refractivity contribution in [2.24, 2.45) is 0 Å². The fourth-order valence-corrected chi connectivity index (χ4v) is 3.68. The second kappa shape index (κ2) is 6.82. The number of amides is 1. The van der Waals surface area contributed by atoms with Crippen LogP contribution in [0.4, 0.5) is 0 Å². The second-order valence-corrected chi connectivity index (χ2v) is 6.59. The molecule has 1 amide bonds. The van der Waals surface area contributed by atoms with Gasteiger partial charge in [0.1, 0.15) is 0 Å². The maximum Gasteiger partial charge on any atom is 0.355 e. The van der Waals surface area contributed by atoms with Crippen molar-refractivity contribution < 1.29 is 14.7 Å². The van der Waals surface area contributed by atoms with Crippen molar-refractivity contribution in [1.29, 1.82) is 0 Å². The second-order valence-electron chi connectivity index (χ2n) is 4.51. The molecule has 0 unspecified atom stereocenters. The van der Waals surface area contributed by atoms with Crippen molar-refractivity contribution in [3.05, 3.63) is 37.5 Å². The van der Waals surface area contributed by atoms with Crippen LogP contribution >= 0.6 is 22.7 Å². The lowest BCUT2D eigenvalue weighted by atomic mass is 10.2. The number of carbonyl (C=O) groups excluding carboxylic acids is 1. The first kappa shape index (κ1) is 15.7. The number of nitrogens with zero attached hydrogens (tertiary/aromatic N) is 1. The van der Waals surface area contributed by atoms with E-state index in [1.807, 2.05) is 13.0 Å². The molecule has 0 aromatic carbocycles. The van der Waals surface area contributed by atoms with E-state index in [-0.39, 0.29) is 11.6 Å². The van der Waals surface area contributed by atoms with Gasteiger partial charge in [0.25, 0.3) is 5.91 Å². The van der Waals surface area contributed by atoms with E-state index in [4.69, 9.17) is 5.11 Å². The van der Waals surface area contributed by atoms with Crippen molar-refractivity contribution in [3.8, 4) is 0 Å². The maximum absolute atomic E-state index is 12.0. The minimum absolute atomic E-state index is 0.0581. The predicted octanol–water partition coefficient (Wildman–Crippen LogP) is 2.75. The number of hydrogen-bond donors (Lipinski definition) is 2. The molecule has 0 aliphatic rings. The lowest BCUT2D eigenvalue weighted by Crippen LogP contribution is -2.24. The quantitative estimate of drug-likeness (QED) is 0.856. The van der Waals surface area contributed by atoms with E-state index in [1.54, 1.807) is 0 Å². The summed E-state index contributed by atoms with van der Waals surface area (Å²) in [5, 5.41) is 13.9. The summed E-state index contributed by atoms with van der Waals surface area (Å²) >= 11 is 2.81. The summed E-state index contributed by atoms with van der Waals surface area (Å²) in [4.78, 5) is 28.7. The number of aromatic nitrogens is 1. The van der Waals surface area contributed by atoms with Gasteiger partial charge in [-0.3, -0.25) is 4.79 Å². The topological polar surface area (TPSA) is 79.3 Å². The van der Waals surface area contributed by atoms with E-state index in [1.165, 1.54) is 32.9 Å². The minimum atomic E-state index is -1.03. The zero-order valence-corrected chi connectivity index (χ0v) is 13.4. The van der Waals surface area contributed by atoms with Gasteiger partial charge in [0.15, 0.2) is 5.69 Å². The van der Waals surface area contributed by atoms with E-state index in [0.29, 0.717) is 18.0 Å². The number of rotatable bonds is 6. The van der Waals surface area contributed by atoms with Crippen LogP contribution in [0.3, 0.4) is 0 Å². The number of aryl methyl sites for hydroxylation is 2. The average Bonchev–Trinajstić information content (AvgIpc) is 3.05. The molecule has 21 heavy (non-hydrogen) atoms. The zero-order chi connectivity index (χ0) is 15.4. The van der Waals surface area contributed by atoms with Gasteiger partial charge in [-0.15, -0.1) is 22.7 Å². The number of carboxylic acid groups (broad SMARTS) is 1. The van der Waals surface area contributed by atoms with Crippen LogP contribution in [0, 0.1) is 6.92 Å². The number of carboxylic acids is 1. The van der Waals surface area contributed by atoms with E-state index in [0.717, 1.165) is 16.9 Å². The molecule has 0 aliphatic carbocycles. The standard InChI is InChI=1S/C14H16N2O3S2/c1-3-10-8(2)6-11(21-10)13(17)15-5-4-12-16-9(7-20-12)14(18)19/h6-7H,3-5H2,1-2H3,(H,15,17)(H,18,19). The van der Waals surface area contributed by atoms with Gasteiger partial charge in [-0.05, 0) is 25.0 Å². The molecular formula is C14H16N2O3S2. The molecule has 0 atom stereocenters. The molecule has 0 saturated carbocycles. The van der Waals surface area contributed by atoms with Crippen molar-refractivity contribution in [1.82, 2.24) is 10.3 Å². The first-order valence-electron chi connectivity index (χ1n) is 6.56. The lowest BCUT2D eigenvalue weighted by molar-refractivity contribution is 0.0690. The molecule has 5 nitrogen and oxygen atoms in total. The third-order valence-corrected chi connectivity index (χ3v) is 5.25. The van der Waals surface area contributed by atoms with Crippen LogP contribution < -0.4 is 5.32 Å². The molecule has 0 spiro atoms. The Morgan fingerprint density at radius 1 is 1.43 bits per heavy atom. The molecule has 0 fully saturated rings. The maximum atomic E-state index is 12.0. The normalized spacial score (nSPS) is 10.6. The third-order valence-electron chi connectivity index (χ3n) is 2.96. The summed E-state index contributed by atoms with van der Waals surface area (Å²) in [7, 11) is 0. The van der Waals surface area contributed by atoms with Gasteiger partial charge in [0, 0.05) is 23.2 Å². The smallest absolute Gasteiger partial charge is 0.355 e. The number of hydrogen-bond acceptors (Lipinski definition) is 5. The van der Waals surface area contributed by atoms with E-state index < -0.39 is 5.97 Å². The van der Waals surface area contributed by atoms with Crippen molar-refractivity contribution in [3.63, 3.8) is 0 Å². The molecule has 2 N–H and O–H groups in total. The van der Waals surface area contributed by atoms with Crippen LogP contribution in [0.15, 0.2) is 11.4 Å². The number of aromatic carboxylic acids is 1. The Bertz CT molecular complexity index is 661. The van der Waals surface area contributed by atoms with E-state index in [2.05, 4.69) is 17.2 Å². The van der Waals surface area contributed by atoms with Crippen molar-refractivity contribution in [2.75, 3.05) is 6.54 Å². The first-order valence-corrected chi connectivity index (χ1v) is 8.26. The molecule has 0 aliphatic heterocycles. The SMILES string of the molecule is CCc1sc(C(=O)NCCc2nc(C(=O)O)cs2)cc1C. The highest BCUT2D eigenvalue weighted by Crippen LogP contribution is 2.22. The van der Waals surface area contributed by atoms with Crippen molar-refractivity contribution >= 4 is 34.6 Å². The van der Waals surface area contributed by atoms with Gasteiger partial charge < -0.3 is 10.4 Å². The van der Waals surface area contributed by atoms with Gasteiger partial charge in [-0.25, -0.2) is 9.78 Å². The van der Waals surface area contributed by atoms with Gasteiger partial charge in [0.05, 0.1) is 9.88 Å². The molecule has 2 heterocycles. The molecule has 2 aromatic rings. The Hall–Kier alpha value is -1.73.